The predicted octanol–water partition coefficient (Wildman–Crippen LogP) is 3.48. The van der Waals surface area contributed by atoms with Crippen molar-refractivity contribution in [1.29, 1.82) is 0 Å². The van der Waals surface area contributed by atoms with Gasteiger partial charge in [0.05, 0.1) is 6.10 Å². The molecule has 1 heterocycles. The summed E-state index contributed by atoms with van der Waals surface area (Å²) >= 11 is 0. The van der Waals surface area contributed by atoms with Crippen molar-refractivity contribution in [2.45, 2.75) is 51.2 Å². The SMILES string of the molecule is CC(C)NCC(CC1CCCO1)c1ccc(F)cc1. The van der Waals surface area contributed by atoms with Gasteiger partial charge in [-0.25, -0.2) is 4.39 Å². The molecular formula is C16H24FNO. The smallest absolute Gasteiger partial charge is 0.123 e. The highest BCUT2D eigenvalue weighted by Crippen LogP contribution is 2.27. The summed E-state index contributed by atoms with van der Waals surface area (Å²) in [6, 6.07) is 7.36. The fraction of sp³-hybridized carbons (Fsp3) is 0.625. The standard InChI is InChI=1S/C16H24FNO/c1-12(2)18-11-14(10-16-4-3-9-19-16)13-5-7-15(17)8-6-13/h5-8,12,14,16,18H,3-4,9-11H2,1-2H3. The summed E-state index contributed by atoms with van der Waals surface area (Å²) in [4.78, 5) is 0. The van der Waals surface area contributed by atoms with E-state index >= 15 is 0 Å². The molecule has 1 aliphatic rings. The minimum atomic E-state index is -0.170. The Balaban J connectivity index is 2.01. The van der Waals surface area contributed by atoms with Gasteiger partial charge in [0, 0.05) is 19.2 Å². The van der Waals surface area contributed by atoms with Crippen molar-refractivity contribution in [2.24, 2.45) is 0 Å². The molecule has 2 nitrogen and oxygen atoms in total. The Kier molecular flexibility index (Phi) is 5.34. The van der Waals surface area contributed by atoms with Gasteiger partial charge < -0.3 is 10.1 Å². The molecule has 0 bridgehead atoms. The van der Waals surface area contributed by atoms with Crippen LogP contribution in [0.15, 0.2) is 24.3 Å². The van der Waals surface area contributed by atoms with Crippen molar-refractivity contribution in [3.8, 4) is 0 Å². The van der Waals surface area contributed by atoms with Gasteiger partial charge in [-0.15, -0.1) is 0 Å². The lowest BCUT2D eigenvalue weighted by atomic mass is 9.92. The van der Waals surface area contributed by atoms with Crippen molar-refractivity contribution in [2.75, 3.05) is 13.2 Å². The molecule has 2 unspecified atom stereocenters. The number of ether oxygens (including phenoxy) is 1. The molecule has 0 aliphatic carbocycles. The molecule has 1 aromatic carbocycles. The van der Waals surface area contributed by atoms with Crippen LogP contribution in [-0.4, -0.2) is 25.3 Å². The summed E-state index contributed by atoms with van der Waals surface area (Å²) < 4.78 is 18.8. The Labute approximate surface area is 115 Å². The number of rotatable bonds is 6. The fourth-order valence-corrected chi connectivity index (χ4v) is 2.60. The van der Waals surface area contributed by atoms with Crippen molar-refractivity contribution < 1.29 is 9.13 Å². The Morgan fingerprint density at radius 3 is 2.63 bits per heavy atom. The summed E-state index contributed by atoms with van der Waals surface area (Å²) in [7, 11) is 0. The minimum absolute atomic E-state index is 0.170. The second-order valence-corrected chi connectivity index (χ2v) is 5.68. The van der Waals surface area contributed by atoms with Gasteiger partial charge in [0.25, 0.3) is 0 Å². The molecule has 19 heavy (non-hydrogen) atoms. The average molecular weight is 265 g/mol. The maximum Gasteiger partial charge on any atom is 0.123 e. The second kappa shape index (κ2) is 7.01. The Hall–Kier alpha value is -0.930. The molecule has 0 aromatic heterocycles. The van der Waals surface area contributed by atoms with E-state index in [0.29, 0.717) is 18.1 Å². The normalized spacial score (nSPS) is 20.9. The molecule has 0 radical (unpaired) electrons. The first-order valence-corrected chi connectivity index (χ1v) is 7.25. The summed E-state index contributed by atoms with van der Waals surface area (Å²) in [5.41, 5.74) is 1.20. The van der Waals surface area contributed by atoms with Crippen LogP contribution in [0.1, 0.15) is 44.6 Å². The van der Waals surface area contributed by atoms with Gasteiger partial charge in [-0.3, -0.25) is 0 Å². The summed E-state index contributed by atoms with van der Waals surface area (Å²) in [6.07, 6.45) is 3.70. The van der Waals surface area contributed by atoms with Crippen LogP contribution < -0.4 is 5.32 Å². The highest BCUT2D eigenvalue weighted by atomic mass is 19.1. The van der Waals surface area contributed by atoms with Gasteiger partial charge in [0.1, 0.15) is 5.82 Å². The number of hydrogen-bond donors (Lipinski definition) is 1. The lowest BCUT2D eigenvalue weighted by Crippen LogP contribution is -2.29. The van der Waals surface area contributed by atoms with Crippen LogP contribution in [0.2, 0.25) is 0 Å². The van der Waals surface area contributed by atoms with E-state index in [0.717, 1.165) is 26.0 Å². The fourth-order valence-electron chi connectivity index (χ4n) is 2.60. The van der Waals surface area contributed by atoms with Crippen molar-refractivity contribution in [3.05, 3.63) is 35.6 Å². The van der Waals surface area contributed by atoms with E-state index < -0.39 is 0 Å². The molecule has 0 saturated carbocycles. The third kappa shape index (κ3) is 4.59. The van der Waals surface area contributed by atoms with Gasteiger partial charge in [0.2, 0.25) is 0 Å². The molecule has 2 rings (SSSR count). The molecule has 1 saturated heterocycles. The predicted molar refractivity (Wildman–Crippen MR) is 75.9 cm³/mol. The van der Waals surface area contributed by atoms with Crippen LogP contribution in [0.4, 0.5) is 4.39 Å². The minimum Gasteiger partial charge on any atom is -0.378 e. The first-order valence-electron chi connectivity index (χ1n) is 7.25. The number of benzene rings is 1. The molecule has 0 spiro atoms. The van der Waals surface area contributed by atoms with E-state index in [9.17, 15) is 4.39 Å². The molecule has 1 aliphatic heterocycles. The molecule has 0 amide bonds. The third-order valence-corrected chi connectivity index (χ3v) is 3.69. The lowest BCUT2D eigenvalue weighted by molar-refractivity contribution is 0.0975. The van der Waals surface area contributed by atoms with Crippen LogP contribution >= 0.6 is 0 Å². The van der Waals surface area contributed by atoms with Crippen LogP contribution in [0.25, 0.3) is 0 Å². The van der Waals surface area contributed by atoms with Gasteiger partial charge in [-0.2, -0.15) is 0 Å². The van der Waals surface area contributed by atoms with E-state index in [1.54, 1.807) is 12.1 Å². The zero-order valence-corrected chi connectivity index (χ0v) is 11.9. The van der Waals surface area contributed by atoms with E-state index in [-0.39, 0.29) is 5.82 Å². The first-order chi connectivity index (χ1) is 9.15. The third-order valence-electron chi connectivity index (χ3n) is 3.69. The molecular weight excluding hydrogens is 241 g/mol. The van der Waals surface area contributed by atoms with Crippen molar-refractivity contribution in [1.82, 2.24) is 5.32 Å². The maximum atomic E-state index is 13.0. The Morgan fingerprint density at radius 2 is 2.05 bits per heavy atom. The van der Waals surface area contributed by atoms with E-state index in [1.807, 2.05) is 12.1 Å². The van der Waals surface area contributed by atoms with Gasteiger partial charge in [-0.05, 0) is 42.9 Å². The number of hydrogen-bond acceptors (Lipinski definition) is 2. The number of nitrogens with one attached hydrogen (secondary N) is 1. The Bertz CT molecular complexity index is 371. The summed E-state index contributed by atoms with van der Waals surface area (Å²) in [5.74, 6) is 0.225. The average Bonchev–Trinajstić information content (AvgIpc) is 2.88. The van der Waals surface area contributed by atoms with Crippen LogP contribution in [0, 0.1) is 5.82 Å². The Morgan fingerprint density at radius 1 is 1.32 bits per heavy atom. The molecule has 1 fully saturated rings. The molecule has 2 atom stereocenters. The zero-order chi connectivity index (χ0) is 13.7. The molecule has 3 heteroatoms. The zero-order valence-electron chi connectivity index (χ0n) is 11.9. The largest absolute Gasteiger partial charge is 0.378 e. The van der Waals surface area contributed by atoms with Crippen LogP contribution in [-0.2, 0) is 4.74 Å². The van der Waals surface area contributed by atoms with Gasteiger partial charge in [0.15, 0.2) is 0 Å². The van der Waals surface area contributed by atoms with Crippen LogP contribution in [0.5, 0.6) is 0 Å². The number of halogens is 1. The van der Waals surface area contributed by atoms with E-state index in [4.69, 9.17) is 4.74 Å². The maximum absolute atomic E-state index is 13.0. The first kappa shape index (κ1) is 14.5. The molecule has 1 N–H and O–H groups in total. The second-order valence-electron chi connectivity index (χ2n) is 5.68. The summed E-state index contributed by atoms with van der Waals surface area (Å²) in [6.45, 7) is 6.10. The molecule has 1 aromatic rings. The van der Waals surface area contributed by atoms with Gasteiger partial charge in [-0.1, -0.05) is 26.0 Å². The summed E-state index contributed by atoms with van der Waals surface area (Å²) in [5, 5.41) is 3.48. The topological polar surface area (TPSA) is 21.3 Å². The van der Waals surface area contributed by atoms with Crippen molar-refractivity contribution in [3.63, 3.8) is 0 Å². The van der Waals surface area contributed by atoms with Crippen molar-refractivity contribution >= 4 is 0 Å². The lowest BCUT2D eigenvalue weighted by Gasteiger charge is -2.22. The van der Waals surface area contributed by atoms with E-state index in [2.05, 4.69) is 19.2 Å². The highest BCUT2D eigenvalue weighted by molar-refractivity contribution is 5.21. The molecule has 106 valence electrons. The monoisotopic (exact) mass is 265 g/mol. The van der Waals surface area contributed by atoms with Crippen LogP contribution in [0.3, 0.4) is 0 Å². The van der Waals surface area contributed by atoms with E-state index in [1.165, 1.54) is 12.0 Å². The van der Waals surface area contributed by atoms with Gasteiger partial charge >= 0.3 is 0 Å². The highest BCUT2D eigenvalue weighted by Gasteiger charge is 2.22. The quantitative estimate of drug-likeness (QED) is 0.850.